The first kappa shape index (κ1) is 14.1. The van der Waals surface area contributed by atoms with E-state index in [1.54, 1.807) is 20.3 Å². The molecule has 0 heterocycles. The molecule has 0 fully saturated rings. The fourth-order valence-electron chi connectivity index (χ4n) is 2.07. The van der Waals surface area contributed by atoms with Crippen LogP contribution < -0.4 is 15.2 Å². The van der Waals surface area contributed by atoms with Crippen molar-refractivity contribution in [3.8, 4) is 11.5 Å². The maximum absolute atomic E-state index is 6.29. The molecule has 96 valence electrons. The predicted octanol–water partition coefficient (Wildman–Crippen LogP) is 3.11. The van der Waals surface area contributed by atoms with Crippen molar-refractivity contribution in [1.29, 1.82) is 0 Å². The van der Waals surface area contributed by atoms with Gasteiger partial charge in [-0.2, -0.15) is 0 Å². The third-order valence-electron chi connectivity index (χ3n) is 2.72. The van der Waals surface area contributed by atoms with E-state index in [1.165, 1.54) is 0 Å². The highest BCUT2D eigenvalue weighted by molar-refractivity contribution is 6.31. The highest BCUT2D eigenvalue weighted by Gasteiger charge is 2.26. The van der Waals surface area contributed by atoms with Gasteiger partial charge < -0.3 is 15.2 Å². The van der Waals surface area contributed by atoms with Crippen molar-refractivity contribution in [2.45, 2.75) is 32.7 Å². The number of benzene rings is 1. The third kappa shape index (κ3) is 2.67. The van der Waals surface area contributed by atoms with Crippen LogP contribution >= 0.6 is 11.6 Å². The summed E-state index contributed by atoms with van der Waals surface area (Å²) in [5.74, 6) is 1.36. The lowest BCUT2D eigenvalue weighted by Gasteiger charge is -2.26. The zero-order valence-corrected chi connectivity index (χ0v) is 11.8. The minimum Gasteiger partial charge on any atom is -0.493 e. The van der Waals surface area contributed by atoms with Crippen LogP contribution in [0.25, 0.3) is 0 Å². The van der Waals surface area contributed by atoms with E-state index in [4.69, 9.17) is 26.8 Å². The molecule has 17 heavy (non-hydrogen) atoms. The van der Waals surface area contributed by atoms with Gasteiger partial charge in [0.15, 0.2) is 11.5 Å². The Labute approximate surface area is 108 Å². The molecule has 3 nitrogen and oxygen atoms in total. The van der Waals surface area contributed by atoms with Gasteiger partial charge in [0.2, 0.25) is 0 Å². The van der Waals surface area contributed by atoms with Crippen LogP contribution in [0.1, 0.15) is 31.9 Å². The Morgan fingerprint density at radius 3 is 2.24 bits per heavy atom. The first-order valence-corrected chi connectivity index (χ1v) is 5.97. The largest absolute Gasteiger partial charge is 0.493 e. The lowest BCUT2D eigenvalue weighted by Crippen LogP contribution is -2.30. The maximum Gasteiger partial charge on any atom is 0.164 e. The Kier molecular flexibility index (Phi) is 4.28. The molecule has 0 spiro atoms. The molecule has 0 aliphatic rings. The van der Waals surface area contributed by atoms with Gasteiger partial charge in [0.1, 0.15) is 0 Å². The molecule has 0 atom stereocenters. The SMILES string of the molecule is CCc1c(OC)c(OC)cc(Cl)c1C(C)(C)N. The lowest BCUT2D eigenvalue weighted by atomic mass is 9.89. The summed E-state index contributed by atoms with van der Waals surface area (Å²) in [7, 11) is 3.22. The number of rotatable bonds is 4. The molecule has 0 unspecified atom stereocenters. The number of hydrogen-bond acceptors (Lipinski definition) is 3. The number of halogens is 1. The van der Waals surface area contributed by atoms with Gasteiger partial charge in [-0.25, -0.2) is 0 Å². The summed E-state index contributed by atoms with van der Waals surface area (Å²) in [6.07, 6.45) is 0.788. The fraction of sp³-hybridized carbons (Fsp3) is 0.538. The average Bonchev–Trinajstić information content (AvgIpc) is 2.25. The van der Waals surface area contributed by atoms with E-state index in [0.717, 1.165) is 17.5 Å². The maximum atomic E-state index is 6.29. The van der Waals surface area contributed by atoms with Gasteiger partial charge in [0.05, 0.1) is 14.2 Å². The second-order valence-electron chi connectivity index (χ2n) is 4.52. The number of methoxy groups -OCH3 is 2. The molecule has 1 rings (SSSR count). The Hall–Kier alpha value is -0.930. The van der Waals surface area contributed by atoms with E-state index in [0.29, 0.717) is 16.5 Å². The molecule has 0 saturated carbocycles. The smallest absolute Gasteiger partial charge is 0.164 e. The van der Waals surface area contributed by atoms with Gasteiger partial charge in [-0.05, 0) is 25.8 Å². The van der Waals surface area contributed by atoms with E-state index in [2.05, 4.69) is 0 Å². The number of ether oxygens (including phenoxy) is 2. The first-order chi connectivity index (χ1) is 7.86. The minimum absolute atomic E-state index is 0.512. The van der Waals surface area contributed by atoms with Crippen LogP contribution in [0.2, 0.25) is 5.02 Å². The highest BCUT2D eigenvalue weighted by Crippen LogP contribution is 2.41. The van der Waals surface area contributed by atoms with Crippen LogP contribution in [-0.4, -0.2) is 14.2 Å². The van der Waals surface area contributed by atoms with Crippen LogP contribution in [-0.2, 0) is 12.0 Å². The van der Waals surface area contributed by atoms with E-state index < -0.39 is 5.54 Å². The second-order valence-corrected chi connectivity index (χ2v) is 4.93. The zero-order chi connectivity index (χ0) is 13.2. The second kappa shape index (κ2) is 5.15. The normalized spacial score (nSPS) is 11.5. The van der Waals surface area contributed by atoms with Crippen molar-refractivity contribution in [3.63, 3.8) is 0 Å². The van der Waals surface area contributed by atoms with Crippen LogP contribution in [0.15, 0.2) is 6.07 Å². The van der Waals surface area contributed by atoms with E-state index in [-0.39, 0.29) is 0 Å². The summed E-state index contributed by atoms with van der Waals surface area (Å²) in [5, 5.41) is 0.618. The molecule has 0 amide bonds. The van der Waals surface area contributed by atoms with Gasteiger partial charge >= 0.3 is 0 Å². The van der Waals surface area contributed by atoms with Crippen LogP contribution in [0.3, 0.4) is 0 Å². The molecule has 2 N–H and O–H groups in total. The van der Waals surface area contributed by atoms with E-state index in [9.17, 15) is 0 Å². The minimum atomic E-state index is -0.512. The lowest BCUT2D eigenvalue weighted by molar-refractivity contribution is 0.350. The van der Waals surface area contributed by atoms with Crippen LogP contribution in [0, 0.1) is 0 Å². The summed E-state index contributed by atoms with van der Waals surface area (Å²) in [6, 6.07) is 1.75. The van der Waals surface area contributed by atoms with Crippen molar-refractivity contribution in [2.75, 3.05) is 14.2 Å². The Morgan fingerprint density at radius 1 is 1.29 bits per heavy atom. The molecule has 0 aliphatic heterocycles. The van der Waals surface area contributed by atoms with Gasteiger partial charge in [-0.3, -0.25) is 0 Å². The quantitative estimate of drug-likeness (QED) is 0.901. The fourth-order valence-corrected chi connectivity index (χ4v) is 2.53. The van der Waals surface area contributed by atoms with Gasteiger partial charge in [-0.1, -0.05) is 18.5 Å². The molecule has 0 aromatic heterocycles. The molecular formula is C13H20ClNO2. The van der Waals surface area contributed by atoms with Crippen molar-refractivity contribution >= 4 is 11.6 Å². The van der Waals surface area contributed by atoms with Crippen molar-refractivity contribution in [2.24, 2.45) is 5.73 Å². The van der Waals surface area contributed by atoms with Crippen LogP contribution in [0.5, 0.6) is 11.5 Å². The summed E-state index contributed by atoms with van der Waals surface area (Å²) in [6.45, 7) is 5.90. The molecule has 0 bridgehead atoms. The van der Waals surface area contributed by atoms with Crippen molar-refractivity contribution < 1.29 is 9.47 Å². The van der Waals surface area contributed by atoms with Crippen molar-refractivity contribution in [3.05, 3.63) is 22.2 Å². The number of hydrogen-bond donors (Lipinski definition) is 1. The molecule has 1 aromatic carbocycles. The van der Waals surface area contributed by atoms with Gasteiger partial charge in [0, 0.05) is 22.2 Å². The summed E-state index contributed by atoms with van der Waals surface area (Å²) < 4.78 is 10.7. The Morgan fingerprint density at radius 2 is 1.88 bits per heavy atom. The van der Waals surface area contributed by atoms with Crippen molar-refractivity contribution in [1.82, 2.24) is 0 Å². The zero-order valence-electron chi connectivity index (χ0n) is 11.1. The highest BCUT2D eigenvalue weighted by atomic mass is 35.5. The molecule has 4 heteroatoms. The topological polar surface area (TPSA) is 44.5 Å². The molecular weight excluding hydrogens is 238 g/mol. The molecule has 0 radical (unpaired) electrons. The summed E-state index contributed by atoms with van der Waals surface area (Å²) >= 11 is 6.29. The number of nitrogens with two attached hydrogens (primary N) is 1. The molecule has 0 aliphatic carbocycles. The van der Waals surface area contributed by atoms with Crippen LogP contribution in [0.4, 0.5) is 0 Å². The van der Waals surface area contributed by atoms with Gasteiger partial charge in [-0.15, -0.1) is 0 Å². The average molecular weight is 258 g/mol. The Balaban J connectivity index is 3.61. The van der Waals surface area contributed by atoms with Gasteiger partial charge in [0.25, 0.3) is 0 Å². The molecule has 0 saturated heterocycles. The monoisotopic (exact) mass is 257 g/mol. The predicted molar refractivity (Wildman–Crippen MR) is 71.1 cm³/mol. The molecule has 1 aromatic rings. The van der Waals surface area contributed by atoms with E-state index in [1.807, 2.05) is 20.8 Å². The third-order valence-corrected chi connectivity index (χ3v) is 3.02. The van der Waals surface area contributed by atoms with E-state index >= 15 is 0 Å². The standard InChI is InChI=1S/C13H20ClNO2/c1-6-8-11(13(2,3)15)9(14)7-10(16-4)12(8)17-5/h7H,6,15H2,1-5H3. The first-order valence-electron chi connectivity index (χ1n) is 5.59. The summed E-state index contributed by atoms with van der Waals surface area (Å²) in [4.78, 5) is 0. The Bertz CT molecular complexity index is 411. The summed E-state index contributed by atoms with van der Waals surface area (Å²) in [5.41, 5.74) is 7.58.